The lowest BCUT2D eigenvalue weighted by Crippen LogP contribution is -2.25. The zero-order chi connectivity index (χ0) is 12.7. The predicted octanol–water partition coefficient (Wildman–Crippen LogP) is 2.95. The molecule has 0 bridgehead atoms. The van der Waals surface area contributed by atoms with Crippen molar-refractivity contribution in [1.29, 1.82) is 0 Å². The number of nitro benzene ring substituents is 1. The third-order valence-electron chi connectivity index (χ3n) is 2.73. The first-order valence-corrected chi connectivity index (χ1v) is 6.50. The van der Waals surface area contributed by atoms with Gasteiger partial charge in [-0.25, -0.2) is 0 Å². The van der Waals surface area contributed by atoms with Crippen molar-refractivity contribution in [2.45, 2.75) is 5.50 Å². The van der Waals surface area contributed by atoms with E-state index in [2.05, 4.69) is 5.32 Å². The summed E-state index contributed by atoms with van der Waals surface area (Å²) in [7, 11) is 0. The van der Waals surface area contributed by atoms with Crippen molar-refractivity contribution in [3.63, 3.8) is 0 Å². The fourth-order valence-electron chi connectivity index (χ4n) is 1.93. The normalized spacial score (nSPS) is 20.6. The monoisotopic (exact) mass is 281 g/mol. The molecule has 0 radical (unpaired) electrons. The largest absolute Gasteiger partial charge is 0.354 e. The van der Waals surface area contributed by atoms with Crippen LogP contribution in [0.3, 0.4) is 0 Å². The quantitative estimate of drug-likeness (QED) is 0.667. The Hall–Kier alpha value is -1.66. The molecule has 18 heavy (non-hydrogen) atoms. The van der Waals surface area contributed by atoms with E-state index in [1.165, 1.54) is 6.07 Å². The summed E-state index contributed by atoms with van der Waals surface area (Å²) in [6, 6.07) is 4.92. The van der Waals surface area contributed by atoms with Gasteiger partial charge in [-0.3, -0.25) is 10.1 Å². The molecule has 1 atom stereocenters. The first kappa shape index (κ1) is 11.4. The molecule has 2 heterocycles. The van der Waals surface area contributed by atoms with E-state index in [9.17, 15) is 10.1 Å². The molecule has 0 saturated carbocycles. The summed E-state index contributed by atoms with van der Waals surface area (Å²) in [6.45, 7) is 0. The minimum Gasteiger partial charge on any atom is -0.354 e. The molecule has 0 saturated heterocycles. The maximum absolute atomic E-state index is 11.1. The van der Waals surface area contributed by atoms with Crippen molar-refractivity contribution in [2.24, 2.45) is 0 Å². The Kier molecular flexibility index (Phi) is 2.68. The van der Waals surface area contributed by atoms with Crippen LogP contribution in [0.4, 0.5) is 5.69 Å². The lowest BCUT2D eigenvalue weighted by molar-refractivity contribution is -0.385. The second kappa shape index (κ2) is 4.22. The molecule has 5 nitrogen and oxygen atoms in total. The zero-order valence-electron chi connectivity index (χ0n) is 9.04. The van der Waals surface area contributed by atoms with Gasteiger partial charge in [0.05, 0.1) is 16.2 Å². The highest BCUT2D eigenvalue weighted by Gasteiger charge is 2.30. The standard InChI is InChI=1S/C11H8ClN3O2S/c12-8-3-1-2-7(10(8)15(16)17)9-6-14-4-5-18-11(14)13-9/h1-6,11,13H. The Labute approximate surface area is 112 Å². The summed E-state index contributed by atoms with van der Waals surface area (Å²) >= 11 is 7.50. The molecule has 0 aromatic heterocycles. The Morgan fingerprint density at radius 2 is 2.33 bits per heavy atom. The number of nitrogens with zero attached hydrogens (tertiary/aromatic N) is 2. The second-order valence-corrected chi connectivity index (χ2v) is 5.20. The number of fused-ring (bicyclic) bond motifs is 1. The van der Waals surface area contributed by atoms with Gasteiger partial charge < -0.3 is 10.2 Å². The third kappa shape index (κ3) is 1.74. The van der Waals surface area contributed by atoms with Gasteiger partial charge in [-0.1, -0.05) is 29.4 Å². The average Bonchev–Trinajstić information content (AvgIpc) is 2.87. The van der Waals surface area contributed by atoms with Crippen molar-refractivity contribution < 1.29 is 4.92 Å². The third-order valence-corrected chi connectivity index (χ3v) is 3.93. The summed E-state index contributed by atoms with van der Waals surface area (Å²) in [5.74, 6) is 0. The Balaban J connectivity index is 2.06. The van der Waals surface area contributed by atoms with Crippen molar-refractivity contribution in [3.8, 4) is 0 Å². The summed E-state index contributed by atoms with van der Waals surface area (Å²) in [4.78, 5) is 12.6. The Morgan fingerprint density at radius 1 is 1.50 bits per heavy atom. The zero-order valence-corrected chi connectivity index (χ0v) is 10.6. The van der Waals surface area contributed by atoms with E-state index in [1.54, 1.807) is 23.9 Å². The molecular weight excluding hydrogens is 274 g/mol. The summed E-state index contributed by atoms with van der Waals surface area (Å²) in [6.07, 6.45) is 3.77. The van der Waals surface area contributed by atoms with Crippen LogP contribution in [0.25, 0.3) is 5.70 Å². The number of para-hydroxylation sites is 1. The number of halogens is 1. The molecule has 1 aromatic rings. The van der Waals surface area contributed by atoms with E-state index in [1.807, 2.05) is 22.7 Å². The number of hydrogen-bond acceptors (Lipinski definition) is 5. The fraction of sp³-hybridized carbons (Fsp3) is 0.0909. The van der Waals surface area contributed by atoms with Crippen molar-refractivity contribution >= 4 is 34.7 Å². The molecule has 1 N–H and O–H groups in total. The molecule has 2 aliphatic heterocycles. The molecule has 7 heteroatoms. The molecular formula is C11H8ClN3O2S. The molecule has 0 amide bonds. The highest BCUT2D eigenvalue weighted by molar-refractivity contribution is 8.02. The van der Waals surface area contributed by atoms with E-state index in [4.69, 9.17) is 11.6 Å². The van der Waals surface area contributed by atoms with Gasteiger partial charge >= 0.3 is 0 Å². The van der Waals surface area contributed by atoms with Gasteiger partial charge in [0, 0.05) is 12.4 Å². The molecule has 0 fully saturated rings. The van der Waals surface area contributed by atoms with Gasteiger partial charge in [0.2, 0.25) is 0 Å². The number of thioether (sulfide) groups is 1. The van der Waals surface area contributed by atoms with Gasteiger partial charge in [-0.15, -0.1) is 0 Å². The number of nitro groups is 1. The maximum Gasteiger partial charge on any atom is 0.297 e. The summed E-state index contributed by atoms with van der Waals surface area (Å²) in [5.41, 5.74) is 1.24. The topological polar surface area (TPSA) is 58.4 Å². The van der Waals surface area contributed by atoms with Crippen LogP contribution in [-0.4, -0.2) is 15.3 Å². The second-order valence-electron chi connectivity index (χ2n) is 3.80. The van der Waals surface area contributed by atoms with E-state index in [-0.39, 0.29) is 16.2 Å². The molecule has 0 aliphatic carbocycles. The van der Waals surface area contributed by atoms with E-state index in [0.29, 0.717) is 11.3 Å². The number of rotatable bonds is 2. The number of hydrogen-bond donors (Lipinski definition) is 1. The maximum atomic E-state index is 11.1. The Bertz CT molecular complexity index is 588. The lowest BCUT2D eigenvalue weighted by atomic mass is 10.1. The highest BCUT2D eigenvalue weighted by Crippen LogP contribution is 2.37. The SMILES string of the molecule is O=[N+]([O-])c1c(Cl)cccc1C1=CN2C=CSC2N1. The molecule has 3 rings (SSSR count). The van der Waals surface area contributed by atoms with Crippen molar-refractivity contribution in [1.82, 2.24) is 10.2 Å². The van der Waals surface area contributed by atoms with Gasteiger partial charge in [0.25, 0.3) is 5.69 Å². The minimum atomic E-state index is -0.452. The molecule has 2 aliphatic rings. The highest BCUT2D eigenvalue weighted by atomic mass is 35.5. The fourth-order valence-corrected chi connectivity index (χ4v) is 3.00. The van der Waals surface area contributed by atoms with Crippen LogP contribution < -0.4 is 5.32 Å². The van der Waals surface area contributed by atoms with Crippen LogP contribution in [0.1, 0.15) is 5.56 Å². The van der Waals surface area contributed by atoms with Crippen LogP contribution >= 0.6 is 23.4 Å². The van der Waals surface area contributed by atoms with E-state index >= 15 is 0 Å². The Morgan fingerprint density at radius 3 is 3.06 bits per heavy atom. The predicted molar refractivity (Wildman–Crippen MR) is 71.6 cm³/mol. The minimum absolute atomic E-state index is 0.0620. The summed E-state index contributed by atoms with van der Waals surface area (Å²) < 4.78 is 0. The van der Waals surface area contributed by atoms with Crippen molar-refractivity contribution in [3.05, 3.63) is 56.7 Å². The molecule has 1 aromatic carbocycles. The number of benzene rings is 1. The average molecular weight is 282 g/mol. The molecule has 1 unspecified atom stereocenters. The van der Waals surface area contributed by atoms with Gasteiger partial charge in [-0.05, 0) is 17.5 Å². The van der Waals surface area contributed by atoms with Crippen LogP contribution in [0, 0.1) is 10.1 Å². The van der Waals surface area contributed by atoms with Gasteiger partial charge in [0.15, 0.2) is 5.50 Å². The molecule has 92 valence electrons. The first-order chi connectivity index (χ1) is 8.66. The van der Waals surface area contributed by atoms with Gasteiger partial charge in [-0.2, -0.15) is 0 Å². The van der Waals surface area contributed by atoms with Gasteiger partial charge in [0.1, 0.15) is 5.02 Å². The lowest BCUT2D eigenvalue weighted by Gasteiger charge is -2.13. The molecule has 0 spiro atoms. The van der Waals surface area contributed by atoms with Crippen LogP contribution in [0.2, 0.25) is 5.02 Å². The van der Waals surface area contributed by atoms with Crippen LogP contribution in [0.5, 0.6) is 0 Å². The van der Waals surface area contributed by atoms with Crippen LogP contribution in [0.15, 0.2) is 36.0 Å². The number of nitrogens with one attached hydrogen (secondary N) is 1. The van der Waals surface area contributed by atoms with Crippen LogP contribution in [-0.2, 0) is 0 Å². The smallest absolute Gasteiger partial charge is 0.297 e. The van der Waals surface area contributed by atoms with E-state index < -0.39 is 4.92 Å². The summed E-state index contributed by atoms with van der Waals surface area (Å²) in [5, 5.41) is 16.4. The van der Waals surface area contributed by atoms with E-state index in [0.717, 1.165) is 0 Å². The van der Waals surface area contributed by atoms with Crippen molar-refractivity contribution in [2.75, 3.05) is 0 Å². The first-order valence-electron chi connectivity index (χ1n) is 5.18.